The Kier molecular flexibility index (Phi) is 3.92. The molecule has 1 amide bonds. The van der Waals surface area contributed by atoms with Gasteiger partial charge < -0.3 is 4.90 Å². The molecule has 0 aliphatic carbocycles. The van der Waals surface area contributed by atoms with Crippen molar-refractivity contribution in [1.82, 2.24) is 24.2 Å². The predicted molar refractivity (Wildman–Crippen MR) is 69.7 cm³/mol. The lowest BCUT2D eigenvalue weighted by atomic mass is 10.4. The Balaban J connectivity index is 2.37. The number of hydrogen-bond donors (Lipinski definition) is 0. The van der Waals surface area contributed by atoms with Crippen LogP contribution in [0.4, 0.5) is 0 Å². The number of aryl methyl sites for hydroxylation is 1. The first kappa shape index (κ1) is 14.4. The molecule has 0 saturated carbocycles. The van der Waals surface area contributed by atoms with Crippen molar-refractivity contribution < 1.29 is 13.2 Å². The van der Waals surface area contributed by atoms with E-state index in [1.54, 1.807) is 7.05 Å². The molecule has 1 aliphatic heterocycles. The molecule has 0 aromatic carbocycles. The maximum atomic E-state index is 12.5. The number of hydrogen-bond acceptors (Lipinski definition) is 5. The summed E-state index contributed by atoms with van der Waals surface area (Å²) < 4.78 is 27.5. The minimum Gasteiger partial charge on any atom is -0.345 e. The molecule has 0 unspecified atom stereocenters. The van der Waals surface area contributed by atoms with E-state index in [4.69, 9.17) is 0 Å². The van der Waals surface area contributed by atoms with Crippen LogP contribution in [0.2, 0.25) is 0 Å². The highest BCUT2D eigenvalue weighted by Gasteiger charge is 2.34. The fraction of sp³-hybridized carbons (Fsp3) is 0.667. The first-order valence-electron chi connectivity index (χ1n) is 5.63. The van der Waals surface area contributed by atoms with Crippen LogP contribution in [0.1, 0.15) is 6.42 Å². The fourth-order valence-electron chi connectivity index (χ4n) is 1.88. The van der Waals surface area contributed by atoms with Crippen molar-refractivity contribution in [3.8, 4) is 0 Å². The number of aromatic nitrogens is 3. The van der Waals surface area contributed by atoms with Crippen molar-refractivity contribution in [3.63, 3.8) is 0 Å². The molecule has 0 spiro atoms. The van der Waals surface area contributed by atoms with Crippen LogP contribution in [0.5, 0.6) is 0 Å². The number of nitrogens with zero attached hydrogens (tertiary/aromatic N) is 5. The summed E-state index contributed by atoms with van der Waals surface area (Å²) >= 11 is 3.07. The molecule has 8 nitrogen and oxygen atoms in total. The zero-order valence-corrected chi connectivity index (χ0v) is 13.0. The Morgan fingerprint density at radius 2 is 1.95 bits per heavy atom. The molecular weight excluding hydrogens is 338 g/mol. The smallest absolute Gasteiger partial charge is 0.263 e. The Morgan fingerprint density at radius 3 is 2.53 bits per heavy atom. The van der Waals surface area contributed by atoms with Gasteiger partial charge in [0.1, 0.15) is 0 Å². The van der Waals surface area contributed by atoms with Crippen LogP contribution >= 0.6 is 15.9 Å². The summed E-state index contributed by atoms with van der Waals surface area (Å²) in [7, 11) is -0.620. The summed E-state index contributed by atoms with van der Waals surface area (Å²) in [6.07, 6.45) is 0.602. The third-order valence-corrected chi connectivity index (χ3v) is 5.69. The summed E-state index contributed by atoms with van der Waals surface area (Å²) in [5, 5.41) is 7.28. The fourth-order valence-corrected chi connectivity index (χ4v) is 4.34. The van der Waals surface area contributed by atoms with Gasteiger partial charge in [0, 0.05) is 27.2 Å². The van der Waals surface area contributed by atoms with Gasteiger partial charge in [-0.2, -0.15) is 4.31 Å². The third kappa shape index (κ3) is 2.65. The van der Waals surface area contributed by atoms with E-state index in [0.717, 1.165) is 0 Å². The van der Waals surface area contributed by atoms with E-state index in [-0.39, 0.29) is 22.1 Å². The van der Waals surface area contributed by atoms with E-state index in [0.29, 0.717) is 19.5 Å². The SMILES string of the molecule is CN1CCCN(S(=O)(=O)c2c(Br)nnn2C)CC1=O. The van der Waals surface area contributed by atoms with Crippen molar-refractivity contribution in [2.75, 3.05) is 26.7 Å². The molecule has 1 saturated heterocycles. The molecule has 1 aromatic heterocycles. The van der Waals surface area contributed by atoms with Gasteiger partial charge in [0.2, 0.25) is 10.9 Å². The molecule has 2 rings (SSSR count). The highest BCUT2D eigenvalue weighted by molar-refractivity contribution is 9.10. The molecule has 0 bridgehead atoms. The summed E-state index contributed by atoms with van der Waals surface area (Å²) in [4.78, 5) is 13.3. The molecule has 106 valence electrons. The van der Waals surface area contributed by atoms with Crippen LogP contribution in [-0.2, 0) is 21.9 Å². The number of sulfonamides is 1. The number of rotatable bonds is 2. The topological polar surface area (TPSA) is 88.4 Å². The van der Waals surface area contributed by atoms with E-state index in [1.807, 2.05) is 0 Å². The third-order valence-electron chi connectivity index (χ3n) is 2.96. The van der Waals surface area contributed by atoms with E-state index in [2.05, 4.69) is 26.2 Å². The molecule has 10 heteroatoms. The lowest BCUT2D eigenvalue weighted by Crippen LogP contribution is -2.38. The van der Waals surface area contributed by atoms with Gasteiger partial charge in [0.15, 0.2) is 4.60 Å². The van der Waals surface area contributed by atoms with Gasteiger partial charge >= 0.3 is 0 Å². The Morgan fingerprint density at radius 1 is 1.26 bits per heavy atom. The summed E-state index contributed by atoms with van der Waals surface area (Å²) in [6.45, 7) is 0.697. The molecule has 0 atom stereocenters. The summed E-state index contributed by atoms with van der Waals surface area (Å²) in [6, 6.07) is 0. The second-order valence-electron chi connectivity index (χ2n) is 4.32. The molecule has 0 radical (unpaired) electrons. The van der Waals surface area contributed by atoms with E-state index in [9.17, 15) is 13.2 Å². The van der Waals surface area contributed by atoms with Crippen LogP contribution in [0.25, 0.3) is 0 Å². The van der Waals surface area contributed by atoms with Gasteiger partial charge in [0.25, 0.3) is 10.0 Å². The molecule has 0 N–H and O–H groups in total. The van der Waals surface area contributed by atoms with Crippen molar-refractivity contribution >= 4 is 31.9 Å². The van der Waals surface area contributed by atoms with E-state index < -0.39 is 10.0 Å². The van der Waals surface area contributed by atoms with Crippen LogP contribution in [-0.4, -0.2) is 65.2 Å². The Hall–Kier alpha value is -1.00. The monoisotopic (exact) mass is 351 g/mol. The standard InChI is InChI=1S/C9H14BrN5O3S/c1-13-4-3-5-15(6-7(13)16)19(17,18)9-8(10)11-12-14(9)2/h3-6H2,1-2H3. The lowest BCUT2D eigenvalue weighted by Gasteiger charge is -2.19. The second-order valence-corrected chi connectivity index (χ2v) is 6.92. The van der Waals surface area contributed by atoms with Crippen LogP contribution in [0.15, 0.2) is 9.63 Å². The van der Waals surface area contributed by atoms with Crippen LogP contribution in [0, 0.1) is 0 Å². The second kappa shape index (κ2) is 5.17. The quantitative estimate of drug-likeness (QED) is 0.711. The lowest BCUT2D eigenvalue weighted by molar-refractivity contribution is -0.129. The van der Waals surface area contributed by atoms with Gasteiger partial charge in [-0.1, -0.05) is 5.21 Å². The normalized spacial score (nSPS) is 18.7. The molecule has 19 heavy (non-hydrogen) atoms. The zero-order chi connectivity index (χ0) is 14.2. The molecule has 1 aromatic rings. The van der Waals surface area contributed by atoms with E-state index in [1.165, 1.54) is 20.9 Å². The summed E-state index contributed by atoms with van der Waals surface area (Å²) in [5.74, 6) is -0.215. The molecule has 2 heterocycles. The van der Waals surface area contributed by atoms with Gasteiger partial charge in [0.05, 0.1) is 6.54 Å². The summed E-state index contributed by atoms with van der Waals surface area (Å²) in [5.41, 5.74) is 0. The van der Waals surface area contributed by atoms with Gasteiger partial charge in [-0.05, 0) is 22.4 Å². The minimum absolute atomic E-state index is 0.0372. The predicted octanol–water partition coefficient (Wildman–Crippen LogP) is -0.570. The van der Waals surface area contributed by atoms with Gasteiger partial charge in [-0.3, -0.25) is 4.79 Å². The van der Waals surface area contributed by atoms with Crippen LogP contribution in [0.3, 0.4) is 0 Å². The number of carbonyl (C=O) groups excluding carboxylic acids is 1. The Labute approximate surface area is 119 Å². The molecular formula is C9H14BrN5O3S. The van der Waals surface area contributed by atoms with Crippen molar-refractivity contribution in [1.29, 1.82) is 0 Å². The first-order valence-corrected chi connectivity index (χ1v) is 7.86. The number of carbonyl (C=O) groups is 1. The maximum Gasteiger partial charge on any atom is 0.263 e. The van der Waals surface area contributed by atoms with Crippen molar-refractivity contribution in [2.24, 2.45) is 7.05 Å². The van der Waals surface area contributed by atoms with Crippen LogP contribution < -0.4 is 0 Å². The van der Waals surface area contributed by atoms with Crippen molar-refractivity contribution in [2.45, 2.75) is 11.4 Å². The van der Waals surface area contributed by atoms with Crippen molar-refractivity contribution in [3.05, 3.63) is 4.60 Å². The Bertz CT molecular complexity index is 579. The number of amides is 1. The van der Waals surface area contributed by atoms with E-state index >= 15 is 0 Å². The molecule has 1 fully saturated rings. The molecule has 1 aliphatic rings. The average molecular weight is 352 g/mol. The first-order chi connectivity index (χ1) is 8.84. The number of halogens is 1. The highest BCUT2D eigenvalue weighted by atomic mass is 79.9. The zero-order valence-electron chi connectivity index (χ0n) is 10.6. The largest absolute Gasteiger partial charge is 0.345 e. The maximum absolute atomic E-state index is 12.5. The minimum atomic E-state index is -3.78. The van der Waals surface area contributed by atoms with Gasteiger partial charge in [-0.25, -0.2) is 13.1 Å². The highest BCUT2D eigenvalue weighted by Crippen LogP contribution is 2.23. The average Bonchev–Trinajstić information content (AvgIpc) is 2.57. The number of likely N-dealkylation sites (N-methyl/N-ethyl adjacent to an activating group) is 1. The van der Waals surface area contributed by atoms with Gasteiger partial charge in [-0.15, -0.1) is 5.10 Å².